The van der Waals surface area contributed by atoms with Crippen LogP contribution in [0, 0.1) is 5.92 Å². The average molecular weight is 267 g/mol. The van der Waals surface area contributed by atoms with Gasteiger partial charge in [0.1, 0.15) is 0 Å². The molecule has 0 aromatic rings. The summed E-state index contributed by atoms with van der Waals surface area (Å²) in [6.07, 6.45) is 13.1. The Morgan fingerprint density at radius 3 is 2.53 bits per heavy atom. The van der Waals surface area contributed by atoms with Crippen molar-refractivity contribution in [1.82, 2.24) is 5.32 Å². The van der Waals surface area contributed by atoms with Gasteiger partial charge in [-0.2, -0.15) is 0 Å². The van der Waals surface area contributed by atoms with Crippen LogP contribution < -0.4 is 5.32 Å². The normalized spacial score (nSPS) is 36.2. The van der Waals surface area contributed by atoms with Gasteiger partial charge in [0.2, 0.25) is 0 Å². The summed E-state index contributed by atoms with van der Waals surface area (Å²) in [4.78, 5) is 0. The van der Waals surface area contributed by atoms with Crippen LogP contribution in [0.4, 0.5) is 0 Å². The zero-order valence-electron chi connectivity index (χ0n) is 12.1. The minimum Gasteiger partial charge on any atom is -0.394 e. The van der Waals surface area contributed by atoms with Crippen molar-refractivity contribution in [2.75, 3.05) is 13.2 Å². The van der Waals surface area contributed by atoms with Crippen LogP contribution in [0.1, 0.15) is 64.2 Å². The van der Waals surface area contributed by atoms with Crippen LogP contribution in [-0.4, -0.2) is 36.0 Å². The van der Waals surface area contributed by atoms with Crippen LogP contribution in [0.25, 0.3) is 0 Å². The lowest BCUT2D eigenvalue weighted by atomic mass is 9.85. The van der Waals surface area contributed by atoms with Gasteiger partial charge in [-0.25, -0.2) is 0 Å². The molecule has 3 heteroatoms. The third-order valence-corrected chi connectivity index (χ3v) is 5.43. The first-order valence-electron chi connectivity index (χ1n) is 8.32. The van der Waals surface area contributed by atoms with Crippen LogP contribution in [0.5, 0.6) is 0 Å². The molecule has 0 heterocycles. The standard InChI is InChI=1S/C16H29NO2/c18-12-16(17-14-7-8-14)10-3-4-13(16)9-11-19-15-5-1-2-6-15/h13-15,17-18H,1-12H2. The van der Waals surface area contributed by atoms with Crippen LogP contribution >= 0.6 is 0 Å². The molecule has 0 amide bonds. The molecule has 0 aliphatic heterocycles. The number of nitrogens with one attached hydrogen (secondary N) is 1. The van der Waals surface area contributed by atoms with Crippen LogP contribution in [0.2, 0.25) is 0 Å². The first-order valence-corrected chi connectivity index (χ1v) is 8.32. The van der Waals surface area contributed by atoms with Crippen molar-refractivity contribution in [3.63, 3.8) is 0 Å². The number of aliphatic hydroxyl groups is 1. The van der Waals surface area contributed by atoms with Crippen LogP contribution in [0.15, 0.2) is 0 Å². The number of rotatable bonds is 7. The van der Waals surface area contributed by atoms with Crippen molar-refractivity contribution in [1.29, 1.82) is 0 Å². The molecule has 2 unspecified atom stereocenters. The molecule has 0 spiro atoms. The van der Waals surface area contributed by atoms with E-state index in [-0.39, 0.29) is 5.54 Å². The van der Waals surface area contributed by atoms with Gasteiger partial charge in [0.05, 0.1) is 12.7 Å². The minimum absolute atomic E-state index is 0.0141. The molecule has 3 fully saturated rings. The lowest BCUT2D eigenvalue weighted by Crippen LogP contribution is -2.52. The second-order valence-electron chi connectivity index (χ2n) is 6.89. The van der Waals surface area contributed by atoms with E-state index in [4.69, 9.17) is 4.74 Å². The summed E-state index contributed by atoms with van der Waals surface area (Å²) in [5.74, 6) is 0.611. The smallest absolute Gasteiger partial charge is 0.0616 e. The fourth-order valence-electron chi connectivity index (χ4n) is 4.07. The molecule has 3 rings (SSSR count). The second kappa shape index (κ2) is 6.11. The molecule has 0 saturated heterocycles. The Morgan fingerprint density at radius 1 is 1.05 bits per heavy atom. The third kappa shape index (κ3) is 3.32. The lowest BCUT2D eigenvalue weighted by molar-refractivity contribution is 0.0342. The van der Waals surface area contributed by atoms with E-state index < -0.39 is 0 Å². The second-order valence-corrected chi connectivity index (χ2v) is 6.89. The van der Waals surface area contributed by atoms with E-state index in [0.717, 1.165) is 19.4 Å². The molecule has 3 aliphatic carbocycles. The molecule has 0 aromatic heterocycles. The van der Waals surface area contributed by atoms with Gasteiger partial charge in [0, 0.05) is 18.2 Å². The number of hydrogen-bond acceptors (Lipinski definition) is 3. The summed E-state index contributed by atoms with van der Waals surface area (Å²) in [6, 6.07) is 0.684. The number of aliphatic hydroxyl groups excluding tert-OH is 1. The summed E-state index contributed by atoms with van der Waals surface area (Å²) in [5.41, 5.74) is 0.0141. The summed E-state index contributed by atoms with van der Waals surface area (Å²) in [7, 11) is 0. The molecule has 0 radical (unpaired) electrons. The number of hydrogen-bond donors (Lipinski definition) is 2. The molecule has 3 nitrogen and oxygen atoms in total. The van der Waals surface area contributed by atoms with Gasteiger partial charge in [0.15, 0.2) is 0 Å². The van der Waals surface area contributed by atoms with Crippen molar-refractivity contribution in [3.05, 3.63) is 0 Å². The van der Waals surface area contributed by atoms with E-state index in [9.17, 15) is 5.11 Å². The van der Waals surface area contributed by atoms with Crippen molar-refractivity contribution in [2.24, 2.45) is 5.92 Å². The minimum atomic E-state index is 0.0141. The maximum Gasteiger partial charge on any atom is 0.0616 e. The van der Waals surface area contributed by atoms with Crippen molar-refractivity contribution in [2.45, 2.75) is 81.9 Å². The zero-order chi connectivity index (χ0) is 13.1. The maximum atomic E-state index is 9.87. The highest BCUT2D eigenvalue weighted by molar-refractivity contribution is 5.02. The molecule has 2 N–H and O–H groups in total. The average Bonchev–Trinajstić information content (AvgIpc) is 2.92. The Bertz CT molecular complexity index is 286. The molecule has 0 bridgehead atoms. The summed E-state index contributed by atoms with van der Waals surface area (Å²) >= 11 is 0. The van der Waals surface area contributed by atoms with Gasteiger partial charge < -0.3 is 15.2 Å². The van der Waals surface area contributed by atoms with E-state index >= 15 is 0 Å². The van der Waals surface area contributed by atoms with Gasteiger partial charge in [-0.05, 0) is 50.9 Å². The molecule has 3 aliphatic rings. The molecular formula is C16H29NO2. The fraction of sp³-hybridized carbons (Fsp3) is 1.00. The predicted molar refractivity (Wildman–Crippen MR) is 76.1 cm³/mol. The molecule has 110 valence electrons. The highest BCUT2D eigenvalue weighted by atomic mass is 16.5. The quantitative estimate of drug-likeness (QED) is 0.745. The maximum absolute atomic E-state index is 9.87. The highest BCUT2D eigenvalue weighted by Crippen LogP contribution is 2.40. The van der Waals surface area contributed by atoms with Crippen LogP contribution in [-0.2, 0) is 4.74 Å². The molecule has 2 atom stereocenters. The number of ether oxygens (including phenoxy) is 1. The van der Waals surface area contributed by atoms with Crippen LogP contribution in [0.3, 0.4) is 0 Å². The first kappa shape index (κ1) is 13.8. The van der Waals surface area contributed by atoms with Gasteiger partial charge in [-0.15, -0.1) is 0 Å². The Labute approximate surface area is 117 Å². The van der Waals surface area contributed by atoms with Gasteiger partial charge in [-0.3, -0.25) is 0 Å². The summed E-state index contributed by atoms with van der Waals surface area (Å²) in [5, 5.41) is 13.6. The lowest BCUT2D eigenvalue weighted by Gasteiger charge is -2.35. The highest BCUT2D eigenvalue weighted by Gasteiger charge is 2.44. The summed E-state index contributed by atoms with van der Waals surface area (Å²) in [6.45, 7) is 1.20. The third-order valence-electron chi connectivity index (χ3n) is 5.43. The van der Waals surface area contributed by atoms with Gasteiger partial charge >= 0.3 is 0 Å². The Balaban J connectivity index is 1.47. The zero-order valence-corrected chi connectivity index (χ0v) is 12.1. The Kier molecular flexibility index (Phi) is 4.45. The first-order chi connectivity index (χ1) is 9.32. The molecule has 19 heavy (non-hydrogen) atoms. The largest absolute Gasteiger partial charge is 0.394 e. The molecule has 0 aromatic carbocycles. The predicted octanol–water partition coefficient (Wildman–Crippen LogP) is 2.62. The van der Waals surface area contributed by atoms with Gasteiger partial charge in [-0.1, -0.05) is 19.3 Å². The SMILES string of the molecule is OCC1(NC2CC2)CCCC1CCOC1CCCC1. The van der Waals surface area contributed by atoms with Crippen molar-refractivity contribution >= 4 is 0 Å². The van der Waals surface area contributed by atoms with E-state index in [2.05, 4.69) is 5.32 Å². The fourth-order valence-corrected chi connectivity index (χ4v) is 4.07. The Hall–Kier alpha value is -0.120. The van der Waals surface area contributed by atoms with E-state index in [1.165, 1.54) is 51.4 Å². The van der Waals surface area contributed by atoms with E-state index in [1.807, 2.05) is 0 Å². The molecule has 3 saturated carbocycles. The summed E-state index contributed by atoms with van der Waals surface area (Å²) < 4.78 is 6.01. The monoisotopic (exact) mass is 267 g/mol. The van der Waals surface area contributed by atoms with Gasteiger partial charge in [0.25, 0.3) is 0 Å². The Morgan fingerprint density at radius 2 is 1.84 bits per heavy atom. The van der Waals surface area contributed by atoms with Crippen molar-refractivity contribution in [3.8, 4) is 0 Å². The topological polar surface area (TPSA) is 41.5 Å². The van der Waals surface area contributed by atoms with Crippen molar-refractivity contribution < 1.29 is 9.84 Å². The van der Waals surface area contributed by atoms with E-state index in [1.54, 1.807) is 0 Å². The van der Waals surface area contributed by atoms with E-state index in [0.29, 0.717) is 24.7 Å². The molecular weight excluding hydrogens is 238 g/mol.